The summed E-state index contributed by atoms with van der Waals surface area (Å²) >= 11 is 0. The van der Waals surface area contributed by atoms with Crippen molar-refractivity contribution in [2.45, 2.75) is 97.0 Å². The summed E-state index contributed by atoms with van der Waals surface area (Å²) in [6, 6.07) is 0. The summed E-state index contributed by atoms with van der Waals surface area (Å²) in [5, 5.41) is 10.6. The number of aliphatic hydroxyl groups is 1. The number of likely N-dealkylation sites (tertiary alicyclic amines) is 1. The number of hydrogen-bond donors (Lipinski definition) is 1. The van der Waals surface area contributed by atoms with E-state index in [1.807, 2.05) is 0 Å². The second-order valence-electron chi connectivity index (χ2n) is 12.8. The quantitative estimate of drug-likeness (QED) is 0.679. The van der Waals surface area contributed by atoms with Crippen LogP contribution in [0.1, 0.15) is 91.4 Å². The van der Waals surface area contributed by atoms with E-state index in [2.05, 4.69) is 25.7 Å². The van der Waals surface area contributed by atoms with Gasteiger partial charge in [-0.05, 0) is 125 Å². The van der Waals surface area contributed by atoms with Gasteiger partial charge in [0.1, 0.15) is 5.78 Å². The van der Waals surface area contributed by atoms with Crippen molar-refractivity contribution >= 4 is 5.78 Å². The second kappa shape index (κ2) is 7.87. The molecule has 9 atom stereocenters. The number of carbonyl (C=O) groups is 1. The molecule has 1 unspecified atom stereocenters. The summed E-state index contributed by atoms with van der Waals surface area (Å²) in [5.74, 6) is 5.71. The van der Waals surface area contributed by atoms with Gasteiger partial charge in [0.05, 0.1) is 12.1 Å². The van der Waals surface area contributed by atoms with Crippen LogP contribution in [0.4, 0.5) is 0 Å². The van der Waals surface area contributed by atoms with Gasteiger partial charge >= 0.3 is 0 Å². The van der Waals surface area contributed by atoms with E-state index in [0.717, 1.165) is 67.9 Å². The third-order valence-corrected chi connectivity index (χ3v) is 10.7. The lowest BCUT2D eigenvalue weighted by atomic mass is 9.49. The minimum absolute atomic E-state index is 0.257. The normalized spacial score (nSPS) is 51.7. The van der Waals surface area contributed by atoms with Gasteiger partial charge in [-0.3, -0.25) is 9.69 Å². The number of rotatable bonds is 3. The minimum Gasteiger partial charge on any atom is -0.390 e. The lowest BCUT2D eigenvalue weighted by molar-refractivity contribution is -0.133. The monoisotopic (exact) mass is 415 g/mol. The number of hydrogen-bond acceptors (Lipinski definition) is 3. The lowest BCUT2D eigenvalue weighted by Gasteiger charge is -2.57. The zero-order chi connectivity index (χ0) is 21.1. The molecule has 1 saturated heterocycles. The Morgan fingerprint density at radius 1 is 0.967 bits per heavy atom. The Balaban J connectivity index is 1.27. The fourth-order valence-corrected chi connectivity index (χ4v) is 9.37. The molecule has 1 aliphatic heterocycles. The van der Waals surface area contributed by atoms with Crippen molar-refractivity contribution in [1.29, 1.82) is 0 Å². The molecule has 5 rings (SSSR count). The van der Waals surface area contributed by atoms with Crippen LogP contribution < -0.4 is 0 Å². The van der Waals surface area contributed by atoms with Crippen molar-refractivity contribution in [3.05, 3.63) is 0 Å². The van der Waals surface area contributed by atoms with Gasteiger partial charge < -0.3 is 5.11 Å². The summed E-state index contributed by atoms with van der Waals surface area (Å²) < 4.78 is 0. The predicted octanol–water partition coefficient (Wildman–Crippen LogP) is 5.31. The predicted molar refractivity (Wildman–Crippen MR) is 121 cm³/mol. The van der Waals surface area contributed by atoms with E-state index in [-0.39, 0.29) is 5.41 Å². The number of fused-ring (bicyclic) bond motifs is 5. The zero-order valence-electron chi connectivity index (χ0n) is 19.7. The summed E-state index contributed by atoms with van der Waals surface area (Å²) in [4.78, 5) is 15.9. The van der Waals surface area contributed by atoms with Crippen molar-refractivity contribution < 1.29 is 9.90 Å². The molecular formula is C27H45NO2. The molecule has 0 spiro atoms. The summed E-state index contributed by atoms with van der Waals surface area (Å²) in [6.07, 6.45) is 13.6. The average molecular weight is 416 g/mol. The van der Waals surface area contributed by atoms with Crippen molar-refractivity contribution in [2.75, 3.05) is 19.6 Å². The van der Waals surface area contributed by atoms with E-state index in [1.165, 1.54) is 51.4 Å². The van der Waals surface area contributed by atoms with Crippen LogP contribution in [-0.2, 0) is 4.79 Å². The number of piperidine rings is 1. The molecule has 0 radical (unpaired) electrons. The van der Waals surface area contributed by atoms with Gasteiger partial charge in [0, 0.05) is 12.5 Å². The first-order valence-corrected chi connectivity index (χ1v) is 13.2. The van der Waals surface area contributed by atoms with E-state index < -0.39 is 5.60 Å². The van der Waals surface area contributed by atoms with Crippen LogP contribution in [0.2, 0.25) is 0 Å². The van der Waals surface area contributed by atoms with Gasteiger partial charge in [-0.15, -0.1) is 0 Å². The van der Waals surface area contributed by atoms with Crippen molar-refractivity contribution in [3.63, 3.8) is 0 Å². The van der Waals surface area contributed by atoms with Crippen LogP contribution >= 0.6 is 0 Å². The second-order valence-corrected chi connectivity index (χ2v) is 12.8. The number of nitrogens with zero attached hydrogens (tertiary/aromatic N) is 1. The van der Waals surface area contributed by atoms with Crippen LogP contribution in [0, 0.1) is 46.8 Å². The van der Waals surface area contributed by atoms with Gasteiger partial charge in [-0.25, -0.2) is 0 Å². The van der Waals surface area contributed by atoms with Crippen molar-refractivity contribution in [3.8, 4) is 0 Å². The Labute approximate surface area is 184 Å². The number of ketones is 1. The van der Waals surface area contributed by atoms with Gasteiger partial charge in [-0.1, -0.05) is 13.8 Å². The maximum absolute atomic E-state index is 13.5. The lowest BCUT2D eigenvalue weighted by Crippen LogP contribution is -2.51. The maximum atomic E-state index is 13.5. The summed E-state index contributed by atoms with van der Waals surface area (Å²) in [6.45, 7) is 9.86. The first-order valence-electron chi connectivity index (χ1n) is 13.2. The molecule has 30 heavy (non-hydrogen) atoms. The number of carbonyl (C=O) groups excluding carboxylic acids is 1. The molecule has 0 bridgehead atoms. The van der Waals surface area contributed by atoms with E-state index in [0.29, 0.717) is 18.2 Å². The maximum Gasteiger partial charge on any atom is 0.150 e. The Bertz CT molecular complexity index is 659. The standard InChI is InChI=1S/C27H45NO2/c1-18-5-4-14-28(16-18)17-25(29)24-9-8-23-22-7-6-19-15-26(2,30)12-10-20(19)21(22)11-13-27(23,24)3/h18-24,30H,4-17H2,1-3H3/t18?,19-,20-,21+,22+,23-,24+,26+,27-/m0/s1. The van der Waals surface area contributed by atoms with Crippen LogP contribution in [0.25, 0.3) is 0 Å². The minimum atomic E-state index is -0.423. The Morgan fingerprint density at radius 3 is 2.57 bits per heavy atom. The highest BCUT2D eigenvalue weighted by Crippen LogP contribution is 2.64. The van der Waals surface area contributed by atoms with Crippen LogP contribution in [0.15, 0.2) is 0 Å². The topological polar surface area (TPSA) is 40.5 Å². The Morgan fingerprint density at radius 2 is 1.77 bits per heavy atom. The molecule has 170 valence electrons. The molecule has 4 aliphatic carbocycles. The van der Waals surface area contributed by atoms with Gasteiger partial charge in [0.25, 0.3) is 0 Å². The van der Waals surface area contributed by atoms with E-state index >= 15 is 0 Å². The third-order valence-electron chi connectivity index (χ3n) is 10.7. The Kier molecular flexibility index (Phi) is 5.62. The zero-order valence-corrected chi connectivity index (χ0v) is 19.7. The van der Waals surface area contributed by atoms with Gasteiger partial charge in [0.15, 0.2) is 0 Å². The van der Waals surface area contributed by atoms with Crippen molar-refractivity contribution in [2.24, 2.45) is 46.8 Å². The smallest absolute Gasteiger partial charge is 0.150 e. The summed E-state index contributed by atoms with van der Waals surface area (Å²) in [5.41, 5.74) is -0.166. The van der Waals surface area contributed by atoms with E-state index in [1.54, 1.807) is 0 Å². The Hall–Kier alpha value is -0.410. The first-order chi connectivity index (χ1) is 14.3. The molecule has 0 aromatic rings. The SMILES string of the molecule is CC1CCCN(CC(=O)[C@H]2CC[C@H]3[C@@H]4CC[C@H]5C[C@](C)(O)CC[C@@H]5[C@H]4CC[C@]23C)C1. The fourth-order valence-electron chi connectivity index (χ4n) is 9.37. The molecule has 0 aromatic heterocycles. The van der Waals surface area contributed by atoms with Crippen LogP contribution in [0.3, 0.4) is 0 Å². The molecule has 3 heteroatoms. The van der Waals surface area contributed by atoms with Crippen LogP contribution in [0.5, 0.6) is 0 Å². The highest BCUT2D eigenvalue weighted by Gasteiger charge is 2.58. The van der Waals surface area contributed by atoms with Gasteiger partial charge in [-0.2, -0.15) is 0 Å². The molecule has 0 aromatic carbocycles. The summed E-state index contributed by atoms with van der Waals surface area (Å²) in [7, 11) is 0. The average Bonchev–Trinajstić information content (AvgIpc) is 3.04. The largest absolute Gasteiger partial charge is 0.390 e. The fraction of sp³-hybridized carbons (Fsp3) is 0.963. The van der Waals surface area contributed by atoms with Gasteiger partial charge in [0.2, 0.25) is 0 Å². The highest BCUT2D eigenvalue weighted by atomic mass is 16.3. The molecule has 3 nitrogen and oxygen atoms in total. The van der Waals surface area contributed by atoms with E-state index in [4.69, 9.17) is 0 Å². The van der Waals surface area contributed by atoms with Crippen molar-refractivity contribution in [1.82, 2.24) is 4.90 Å². The first kappa shape index (κ1) is 21.4. The third kappa shape index (κ3) is 3.70. The molecule has 5 aliphatic rings. The molecule has 1 N–H and O–H groups in total. The van der Waals surface area contributed by atoms with Crippen LogP contribution in [-0.4, -0.2) is 41.0 Å². The highest BCUT2D eigenvalue weighted by molar-refractivity contribution is 5.84. The molecular weight excluding hydrogens is 370 g/mol. The van der Waals surface area contributed by atoms with E-state index in [9.17, 15) is 9.90 Å². The molecule has 5 fully saturated rings. The number of Topliss-reactive ketones (excluding diaryl/α,β-unsaturated/α-hetero) is 1. The molecule has 0 amide bonds. The molecule has 4 saturated carbocycles. The molecule has 1 heterocycles.